The molecule has 5 nitrogen and oxygen atoms in total. The quantitative estimate of drug-likeness (QED) is 0.863. The molecule has 1 aliphatic rings. The van der Waals surface area contributed by atoms with E-state index in [9.17, 15) is 0 Å². The fourth-order valence-corrected chi connectivity index (χ4v) is 2.27. The Balaban J connectivity index is 2.15. The highest BCUT2D eigenvalue weighted by Crippen LogP contribution is 2.23. The molecule has 3 atom stereocenters. The molecule has 100 valence electrons. The van der Waals surface area contributed by atoms with Crippen LogP contribution in [0.4, 0.5) is 5.82 Å². The van der Waals surface area contributed by atoms with Crippen LogP contribution in [0.1, 0.15) is 18.5 Å². The van der Waals surface area contributed by atoms with Gasteiger partial charge in [-0.2, -0.15) is 0 Å². The molecule has 1 aromatic rings. The van der Waals surface area contributed by atoms with Crippen molar-refractivity contribution in [2.45, 2.75) is 25.2 Å². The van der Waals surface area contributed by atoms with Crippen molar-refractivity contribution < 1.29 is 9.47 Å². The van der Waals surface area contributed by atoms with Gasteiger partial charge in [-0.1, -0.05) is 0 Å². The minimum Gasteiger partial charge on any atom is -0.377 e. The van der Waals surface area contributed by atoms with Crippen molar-refractivity contribution in [2.75, 3.05) is 32.2 Å². The largest absolute Gasteiger partial charge is 0.377 e. The van der Waals surface area contributed by atoms with E-state index in [0.29, 0.717) is 0 Å². The second-order valence-electron chi connectivity index (χ2n) is 4.69. The number of rotatable bonds is 4. The molecule has 0 aromatic carbocycles. The molecule has 0 aliphatic carbocycles. The van der Waals surface area contributed by atoms with E-state index in [2.05, 4.69) is 9.88 Å². The molecule has 0 spiro atoms. The minimum atomic E-state index is 0.0193. The number of nitrogens with zero attached hydrogens (tertiary/aromatic N) is 2. The van der Waals surface area contributed by atoms with Gasteiger partial charge in [-0.3, -0.25) is 0 Å². The van der Waals surface area contributed by atoms with Crippen LogP contribution in [0.3, 0.4) is 0 Å². The molecule has 1 saturated heterocycles. The summed E-state index contributed by atoms with van der Waals surface area (Å²) >= 11 is 0. The fraction of sp³-hybridized carbons (Fsp3) is 0.615. The first-order valence-corrected chi connectivity index (χ1v) is 6.17. The zero-order valence-corrected chi connectivity index (χ0v) is 11.2. The average Bonchev–Trinajstić information content (AvgIpc) is 2.82. The molecular formula is C13H21N3O2. The number of hydrogen-bond donors (Lipinski definition) is 1. The summed E-state index contributed by atoms with van der Waals surface area (Å²) in [5, 5.41) is 0. The summed E-state index contributed by atoms with van der Waals surface area (Å²) in [5.41, 5.74) is 6.98. The zero-order chi connectivity index (χ0) is 13.1. The van der Waals surface area contributed by atoms with Crippen molar-refractivity contribution in [3.8, 4) is 0 Å². The third-order valence-corrected chi connectivity index (χ3v) is 3.44. The van der Waals surface area contributed by atoms with Gasteiger partial charge in [-0.05, 0) is 24.6 Å². The van der Waals surface area contributed by atoms with Crippen LogP contribution in [0.5, 0.6) is 0 Å². The molecule has 5 heteroatoms. The SMILES string of the molecule is COC1CN(c2cc([C@H](C)N)ccn2)CC1OC. The van der Waals surface area contributed by atoms with Gasteiger partial charge in [0.1, 0.15) is 18.0 Å². The predicted molar refractivity (Wildman–Crippen MR) is 70.6 cm³/mol. The number of nitrogens with two attached hydrogens (primary N) is 1. The molecule has 2 N–H and O–H groups in total. The van der Waals surface area contributed by atoms with E-state index in [1.807, 2.05) is 19.1 Å². The highest BCUT2D eigenvalue weighted by Gasteiger charge is 2.33. The van der Waals surface area contributed by atoms with E-state index in [1.165, 1.54) is 0 Å². The fourth-order valence-electron chi connectivity index (χ4n) is 2.27. The zero-order valence-electron chi connectivity index (χ0n) is 11.2. The topological polar surface area (TPSA) is 60.6 Å². The van der Waals surface area contributed by atoms with Crippen LogP contribution in [0.25, 0.3) is 0 Å². The van der Waals surface area contributed by atoms with Crippen molar-refractivity contribution in [3.05, 3.63) is 23.9 Å². The predicted octanol–water partition coefficient (Wildman–Crippen LogP) is 0.951. The van der Waals surface area contributed by atoms with Crippen LogP contribution < -0.4 is 10.6 Å². The Morgan fingerprint density at radius 3 is 2.44 bits per heavy atom. The van der Waals surface area contributed by atoms with Gasteiger partial charge in [0.25, 0.3) is 0 Å². The molecule has 1 aliphatic heterocycles. The lowest BCUT2D eigenvalue weighted by Crippen LogP contribution is -2.27. The van der Waals surface area contributed by atoms with Crippen molar-refractivity contribution in [2.24, 2.45) is 5.73 Å². The van der Waals surface area contributed by atoms with E-state index >= 15 is 0 Å². The number of aromatic nitrogens is 1. The van der Waals surface area contributed by atoms with Crippen molar-refractivity contribution in [1.82, 2.24) is 4.98 Å². The van der Waals surface area contributed by atoms with E-state index in [1.54, 1.807) is 20.4 Å². The summed E-state index contributed by atoms with van der Waals surface area (Å²) < 4.78 is 10.8. The first-order valence-electron chi connectivity index (χ1n) is 6.17. The van der Waals surface area contributed by atoms with E-state index in [4.69, 9.17) is 15.2 Å². The number of methoxy groups -OCH3 is 2. The molecule has 2 unspecified atom stereocenters. The minimum absolute atomic E-state index is 0.0193. The molecule has 0 amide bonds. The lowest BCUT2D eigenvalue weighted by molar-refractivity contribution is -0.00461. The van der Waals surface area contributed by atoms with Gasteiger partial charge in [0.05, 0.1) is 0 Å². The average molecular weight is 251 g/mol. The van der Waals surface area contributed by atoms with Crippen LogP contribution in [-0.4, -0.2) is 44.5 Å². The van der Waals surface area contributed by atoms with Gasteiger partial charge in [-0.15, -0.1) is 0 Å². The summed E-state index contributed by atoms with van der Waals surface area (Å²) in [4.78, 5) is 6.58. The molecular weight excluding hydrogens is 230 g/mol. The Labute approximate surface area is 108 Å². The Morgan fingerprint density at radius 2 is 1.94 bits per heavy atom. The molecule has 0 radical (unpaired) electrons. The molecule has 0 saturated carbocycles. The van der Waals surface area contributed by atoms with Crippen LogP contribution in [-0.2, 0) is 9.47 Å². The number of pyridine rings is 1. The molecule has 1 fully saturated rings. The first-order chi connectivity index (χ1) is 8.65. The van der Waals surface area contributed by atoms with Gasteiger partial charge in [0.2, 0.25) is 0 Å². The maximum Gasteiger partial charge on any atom is 0.128 e. The van der Waals surface area contributed by atoms with Crippen LogP contribution >= 0.6 is 0 Å². The summed E-state index contributed by atoms with van der Waals surface area (Å²) in [5.74, 6) is 0.936. The molecule has 18 heavy (non-hydrogen) atoms. The van der Waals surface area contributed by atoms with Gasteiger partial charge in [0.15, 0.2) is 0 Å². The van der Waals surface area contributed by atoms with Crippen LogP contribution in [0.2, 0.25) is 0 Å². The first kappa shape index (κ1) is 13.3. The summed E-state index contributed by atoms with van der Waals surface area (Å²) in [6.45, 7) is 3.56. The smallest absolute Gasteiger partial charge is 0.128 e. The summed E-state index contributed by atoms with van der Waals surface area (Å²) in [7, 11) is 3.43. The van der Waals surface area contributed by atoms with E-state index in [0.717, 1.165) is 24.5 Å². The molecule has 2 heterocycles. The highest BCUT2D eigenvalue weighted by molar-refractivity contribution is 5.43. The maximum absolute atomic E-state index is 5.89. The maximum atomic E-state index is 5.89. The third kappa shape index (κ3) is 2.63. The van der Waals surface area contributed by atoms with Crippen molar-refractivity contribution >= 4 is 5.82 Å². The van der Waals surface area contributed by atoms with Gasteiger partial charge >= 0.3 is 0 Å². The van der Waals surface area contributed by atoms with Gasteiger partial charge < -0.3 is 20.1 Å². The highest BCUT2D eigenvalue weighted by atomic mass is 16.5. The lowest BCUT2D eigenvalue weighted by atomic mass is 10.1. The molecule has 0 bridgehead atoms. The van der Waals surface area contributed by atoms with Gasteiger partial charge in [0, 0.05) is 39.5 Å². The summed E-state index contributed by atoms with van der Waals surface area (Å²) in [6.07, 6.45) is 1.99. The Kier molecular flexibility index (Phi) is 4.16. The standard InChI is InChI=1S/C13H21N3O2/c1-9(14)10-4-5-15-13(6-10)16-7-11(17-2)12(8-16)18-3/h4-6,9,11-12H,7-8,14H2,1-3H3/t9-,11?,12?/m0/s1. The third-order valence-electron chi connectivity index (χ3n) is 3.44. The van der Waals surface area contributed by atoms with Crippen LogP contribution in [0.15, 0.2) is 18.3 Å². The second-order valence-corrected chi connectivity index (χ2v) is 4.69. The van der Waals surface area contributed by atoms with Gasteiger partial charge in [-0.25, -0.2) is 4.98 Å². The number of anilines is 1. The van der Waals surface area contributed by atoms with Crippen LogP contribution in [0, 0.1) is 0 Å². The van der Waals surface area contributed by atoms with Crippen molar-refractivity contribution in [3.63, 3.8) is 0 Å². The lowest BCUT2D eigenvalue weighted by Gasteiger charge is -2.18. The molecule has 1 aromatic heterocycles. The molecule has 2 rings (SSSR count). The monoisotopic (exact) mass is 251 g/mol. The number of hydrogen-bond acceptors (Lipinski definition) is 5. The second kappa shape index (κ2) is 5.65. The Bertz CT molecular complexity index is 386. The normalized spacial score (nSPS) is 25.4. The number of ether oxygens (including phenoxy) is 2. The van der Waals surface area contributed by atoms with Crippen molar-refractivity contribution in [1.29, 1.82) is 0 Å². The summed E-state index contributed by atoms with van der Waals surface area (Å²) in [6, 6.07) is 4.01. The Hall–Kier alpha value is -1.17. The van der Waals surface area contributed by atoms with E-state index in [-0.39, 0.29) is 18.2 Å². The Morgan fingerprint density at radius 1 is 1.33 bits per heavy atom. The van der Waals surface area contributed by atoms with E-state index < -0.39 is 0 Å².